The van der Waals surface area contributed by atoms with Crippen molar-refractivity contribution in [2.45, 2.75) is 46.0 Å². The van der Waals surface area contributed by atoms with Crippen molar-refractivity contribution < 1.29 is 24.0 Å². The maximum Gasteiger partial charge on any atom is 0.321 e. The van der Waals surface area contributed by atoms with E-state index >= 15 is 0 Å². The summed E-state index contributed by atoms with van der Waals surface area (Å²) in [6, 6.07) is 0. The number of esters is 2. The molecular formula is C14H23NO6. The minimum Gasteiger partial charge on any atom is -0.465 e. The Kier molecular flexibility index (Phi) is 6.58. The van der Waals surface area contributed by atoms with Gasteiger partial charge in [0, 0.05) is 4.92 Å². The molecule has 1 aliphatic carbocycles. The summed E-state index contributed by atoms with van der Waals surface area (Å²) in [5.74, 6) is -2.62. The van der Waals surface area contributed by atoms with Gasteiger partial charge >= 0.3 is 11.9 Å². The highest BCUT2D eigenvalue weighted by atomic mass is 16.6. The fourth-order valence-electron chi connectivity index (χ4n) is 3.10. The van der Waals surface area contributed by atoms with E-state index in [9.17, 15) is 19.7 Å². The van der Waals surface area contributed by atoms with Crippen LogP contribution >= 0.6 is 0 Å². The quantitative estimate of drug-likeness (QED) is 0.309. The summed E-state index contributed by atoms with van der Waals surface area (Å²) >= 11 is 0. The highest BCUT2D eigenvalue weighted by Crippen LogP contribution is 2.44. The van der Waals surface area contributed by atoms with Crippen molar-refractivity contribution >= 4 is 11.9 Å². The third kappa shape index (κ3) is 4.41. The van der Waals surface area contributed by atoms with Gasteiger partial charge in [-0.1, -0.05) is 19.3 Å². The topological polar surface area (TPSA) is 95.7 Å². The summed E-state index contributed by atoms with van der Waals surface area (Å²) < 4.78 is 9.94. The lowest BCUT2D eigenvalue weighted by atomic mass is 9.65. The van der Waals surface area contributed by atoms with Gasteiger partial charge in [0.15, 0.2) is 5.92 Å². The van der Waals surface area contributed by atoms with Gasteiger partial charge in [-0.2, -0.15) is 0 Å². The zero-order valence-electron chi connectivity index (χ0n) is 12.6. The Morgan fingerprint density at radius 1 is 1.10 bits per heavy atom. The molecule has 120 valence electrons. The molecule has 21 heavy (non-hydrogen) atoms. The Balaban J connectivity index is 3.11. The Hall–Kier alpha value is -1.66. The molecule has 0 spiro atoms. The predicted molar refractivity (Wildman–Crippen MR) is 74.1 cm³/mol. The number of rotatable bonds is 7. The number of hydrogen-bond acceptors (Lipinski definition) is 6. The van der Waals surface area contributed by atoms with E-state index in [1.54, 1.807) is 13.8 Å². The lowest BCUT2D eigenvalue weighted by molar-refractivity contribution is -0.500. The van der Waals surface area contributed by atoms with Crippen molar-refractivity contribution in [1.82, 2.24) is 0 Å². The first-order chi connectivity index (χ1) is 9.96. The zero-order valence-corrected chi connectivity index (χ0v) is 12.6. The largest absolute Gasteiger partial charge is 0.465 e. The van der Waals surface area contributed by atoms with Gasteiger partial charge in [0.1, 0.15) is 0 Å². The lowest BCUT2D eigenvalue weighted by Crippen LogP contribution is -2.48. The number of nitrogens with zero attached hydrogens (tertiary/aromatic N) is 1. The Morgan fingerprint density at radius 2 is 1.57 bits per heavy atom. The van der Waals surface area contributed by atoms with Crippen molar-refractivity contribution in [2.75, 3.05) is 19.8 Å². The summed E-state index contributed by atoms with van der Waals surface area (Å²) in [4.78, 5) is 35.0. The number of ether oxygens (including phenoxy) is 2. The van der Waals surface area contributed by atoms with Crippen molar-refractivity contribution in [2.24, 2.45) is 11.3 Å². The van der Waals surface area contributed by atoms with Gasteiger partial charge in [-0.25, -0.2) is 0 Å². The average Bonchev–Trinajstić information content (AvgIpc) is 2.39. The summed E-state index contributed by atoms with van der Waals surface area (Å²) in [5.41, 5.74) is -0.986. The highest BCUT2D eigenvalue weighted by Gasteiger charge is 2.53. The summed E-state index contributed by atoms with van der Waals surface area (Å²) in [5, 5.41) is 11.0. The normalized spacial score (nSPS) is 17.3. The molecule has 1 saturated carbocycles. The van der Waals surface area contributed by atoms with Crippen molar-refractivity contribution in [1.29, 1.82) is 0 Å². The van der Waals surface area contributed by atoms with Crippen LogP contribution in [-0.4, -0.2) is 36.6 Å². The molecular weight excluding hydrogens is 278 g/mol. The van der Waals surface area contributed by atoms with Gasteiger partial charge in [0.25, 0.3) is 0 Å². The standard InChI is InChI=1S/C14H23NO6/c1-3-20-12(16)11(13(17)21-4-2)14(10-15(18)19)8-6-5-7-9-14/h11H,3-10H2,1-2H3. The molecule has 0 radical (unpaired) electrons. The molecule has 1 rings (SSSR count). The minimum atomic E-state index is -1.21. The summed E-state index contributed by atoms with van der Waals surface area (Å²) in [6.45, 7) is 3.13. The van der Waals surface area contributed by atoms with E-state index in [4.69, 9.17) is 9.47 Å². The molecule has 0 amide bonds. The summed E-state index contributed by atoms with van der Waals surface area (Å²) in [6.07, 6.45) is 3.43. The maximum atomic E-state index is 12.2. The molecule has 0 aliphatic heterocycles. The molecule has 0 atom stereocenters. The summed E-state index contributed by atoms with van der Waals surface area (Å²) in [7, 11) is 0. The molecule has 0 N–H and O–H groups in total. The monoisotopic (exact) mass is 301 g/mol. The van der Waals surface area contributed by atoms with Crippen LogP contribution < -0.4 is 0 Å². The highest BCUT2D eigenvalue weighted by molar-refractivity contribution is 5.96. The van der Waals surface area contributed by atoms with Crippen LogP contribution in [0.4, 0.5) is 0 Å². The number of carbonyl (C=O) groups excluding carboxylic acids is 2. The maximum absolute atomic E-state index is 12.2. The van der Waals surface area contributed by atoms with E-state index in [-0.39, 0.29) is 13.2 Å². The van der Waals surface area contributed by atoms with Crippen LogP contribution in [0.1, 0.15) is 46.0 Å². The third-order valence-electron chi connectivity index (χ3n) is 3.95. The first kappa shape index (κ1) is 17.4. The lowest BCUT2D eigenvalue weighted by Gasteiger charge is -2.37. The molecule has 0 aromatic rings. The molecule has 0 aromatic carbocycles. The molecule has 1 fully saturated rings. The van der Waals surface area contributed by atoms with Crippen molar-refractivity contribution in [3.05, 3.63) is 10.1 Å². The fraction of sp³-hybridized carbons (Fsp3) is 0.857. The third-order valence-corrected chi connectivity index (χ3v) is 3.95. The number of nitro groups is 1. The predicted octanol–water partition coefficient (Wildman–Crippen LogP) is 1.96. The Bertz CT molecular complexity index is 371. The molecule has 0 unspecified atom stereocenters. The van der Waals surface area contributed by atoms with Gasteiger partial charge < -0.3 is 9.47 Å². The van der Waals surface area contributed by atoms with E-state index in [1.165, 1.54) is 0 Å². The van der Waals surface area contributed by atoms with Gasteiger partial charge in [-0.05, 0) is 26.7 Å². The molecule has 0 aromatic heterocycles. The molecule has 1 aliphatic rings. The van der Waals surface area contributed by atoms with E-state index in [2.05, 4.69) is 0 Å². The van der Waals surface area contributed by atoms with E-state index in [0.29, 0.717) is 12.8 Å². The first-order valence-electron chi connectivity index (χ1n) is 7.42. The van der Waals surface area contributed by atoms with Crippen LogP contribution in [0.2, 0.25) is 0 Å². The van der Waals surface area contributed by atoms with Crippen LogP contribution in [0.25, 0.3) is 0 Å². The van der Waals surface area contributed by atoms with E-state index < -0.39 is 34.7 Å². The van der Waals surface area contributed by atoms with Crippen molar-refractivity contribution in [3.8, 4) is 0 Å². The van der Waals surface area contributed by atoms with Gasteiger partial charge in [0.2, 0.25) is 6.54 Å². The Labute approximate surface area is 124 Å². The van der Waals surface area contributed by atoms with Crippen LogP contribution in [0.15, 0.2) is 0 Å². The molecule has 0 bridgehead atoms. The Morgan fingerprint density at radius 3 is 1.95 bits per heavy atom. The van der Waals surface area contributed by atoms with Crippen molar-refractivity contribution in [3.63, 3.8) is 0 Å². The number of carbonyl (C=O) groups is 2. The number of hydrogen-bond donors (Lipinski definition) is 0. The molecule has 0 heterocycles. The van der Waals surface area contributed by atoms with Crippen LogP contribution in [0, 0.1) is 21.4 Å². The zero-order chi connectivity index (χ0) is 15.9. The molecule has 7 nitrogen and oxygen atoms in total. The second-order valence-electron chi connectivity index (χ2n) is 5.35. The van der Waals surface area contributed by atoms with Gasteiger partial charge in [0.05, 0.1) is 18.6 Å². The SMILES string of the molecule is CCOC(=O)C(C(=O)OCC)C1(C[N+](=O)[O-])CCCCC1. The van der Waals surface area contributed by atoms with E-state index in [1.807, 2.05) is 0 Å². The molecule has 7 heteroatoms. The molecule has 0 saturated heterocycles. The van der Waals surface area contributed by atoms with Crippen LogP contribution in [-0.2, 0) is 19.1 Å². The average molecular weight is 301 g/mol. The second kappa shape index (κ2) is 7.95. The second-order valence-corrected chi connectivity index (χ2v) is 5.35. The van der Waals surface area contributed by atoms with Crippen LogP contribution in [0.3, 0.4) is 0 Å². The van der Waals surface area contributed by atoms with Gasteiger partial charge in [-0.3, -0.25) is 19.7 Å². The minimum absolute atomic E-state index is 0.128. The first-order valence-corrected chi connectivity index (χ1v) is 7.42. The van der Waals surface area contributed by atoms with E-state index in [0.717, 1.165) is 19.3 Å². The smallest absolute Gasteiger partial charge is 0.321 e. The van der Waals surface area contributed by atoms with Gasteiger partial charge in [-0.15, -0.1) is 0 Å². The fourth-order valence-corrected chi connectivity index (χ4v) is 3.10. The van der Waals surface area contributed by atoms with Crippen LogP contribution in [0.5, 0.6) is 0 Å².